The predicted molar refractivity (Wildman–Crippen MR) is 102 cm³/mol. The SMILES string of the molecule is CCOc1ccccc1NC(=O)C1CC1C(=O)Nc1ccc(C)cc1C. The van der Waals surface area contributed by atoms with Crippen LogP contribution in [0.5, 0.6) is 5.75 Å². The molecule has 2 amide bonds. The van der Waals surface area contributed by atoms with E-state index in [9.17, 15) is 9.59 Å². The fourth-order valence-corrected chi connectivity index (χ4v) is 3.03. The van der Waals surface area contributed by atoms with Crippen molar-refractivity contribution in [3.63, 3.8) is 0 Å². The molecule has 26 heavy (non-hydrogen) atoms. The van der Waals surface area contributed by atoms with Crippen molar-refractivity contribution in [1.29, 1.82) is 0 Å². The van der Waals surface area contributed by atoms with Gasteiger partial charge in [-0.15, -0.1) is 0 Å². The molecule has 0 bridgehead atoms. The number of carbonyl (C=O) groups excluding carboxylic acids is 2. The van der Waals surface area contributed by atoms with Gasteiger partial charge in [0.15, 0.2) is 0 Å². The van der Waals surface area contributed by atoms with E-state index in [2.05, 4.69) is 10.6 Å². The summed E-state index contributed by atoms with van der Waals surface area (Å²) in [6, 6.07) is 13.2. The zero-order valence-electron chi connectivity index (χ0n) is 15.3. The third-order valence-electron chi connectivity index (χ3n) is 4.55. The fraction of sp³-hybridized carbons (Fsp3) is 0.333. The third kappa shape index (κ3) is 4.04. The number of anilines is 2. The van der Waals surface area contributed by atoms with Crippen molar-refractivity contribution >= 4 is 23.2 Å². The van der Waals surface area contributed by atoms with E-state index in [0.717, 1.165) is 16.8 Å². The topological polar surface area (TPSA) is 67.4 Å². The van der Waals surface area contributed by atoms with Gasteiger partial charge in [-0.3, -0.25) is 9.59 Å². The van der Waals surface area contributed by atoms with Gasteiger partial charge in [-0.1, -0.05) is 29.8 Å². The van der Waals surface area contributed by atoms with Crippen molar-refractivity contribution in [2.45, 2.75) is 27.2 Å². The Balaban J connectivity index is 1.59. The van der Waals surface area contributed by atoms with Gasteiger partial charge in [-0.05, 0) is 51.0 Å². The highest BCUT2D eigenvalue weighted by atomic mass is 16.5. The Morgan fingerprint density at radius 1 is 1.00 bits per heavy atom. The lowest BCUT2D eigenvalue weighted by molar-refractivity contribution is -0.122. The van der Waals surface area contributed by atoms with Crippen LogP contribution < -0.4 is 15.4 Å². The summed E-state index contributed by atoms with van der Waals surface area (Å²) in [7, 11) is 0. The first kappa shape index (κ1) is 18.0. The van der Waals surface area contributed by atoms with Crippen LogP contribution in [0.4, 0.5) is 11.4 Å². The zero-order valence-corrected chi connectivity index (χ0v) is 15.3. The van der Waals surface area contributed by atoms with Crippen LogP contribution in [0.25, 0.3) is 0 Å². The molecule has 2 atom stereocenters. The number of para-hydroxylation sites is 2. The van der Waals surface area contributed by atoms with Crippen LogP contribution in [0, 0.1) is 25.7 Å². The van der Waals surface area contributed by atoms with E-state index in [1.807, 2.05) is 57.2 Å². The van der Waals surface area contributed by atoms with Crippen molar-refractivity contribution in [2.75, 3.05) is 17.2 Å². The molecule has 1 aliphatic carbocycles. The van der Waals surface area contributed by atoms with E-state index in [1.54, 1.807) is 6.07 Å². The van der Waals surface area contributed by atoms with Gasteiger partial charge < -0.3 is 15.4 Å². The average molecular weight is 352 g/mol. The lowest BCUT2D eigenvalue weighted by atomic mass is 10.1. The normalized spacial score (nSPS) is 18.1. The molecule has 1 aliphatic rings. The minimum Gasteiger partial charge on any atom is -0.492 e. The summed E-state index contributed by atoms with van der Waals surface area (Å²) in [6.45, 7) is 6.40. The number of aryl methyl sites for hydroxylation is 2. The van der Waals surface area contributed by atoms with Crippen molar-refractivity contribution in [3.8, 4) is 5.75 Å². The van der Waals surface area contributed by atoms with Crippen LogP contribution in [-0.2, 0) is 9.59 Å². The van der Waals surface area contributed by atoms with E-state index >= 15 is 0 Å². The number of amides is 2. The summed E-state index contributed by atoms with van der Waals surface area (Å²) in [5, 5.41) is 5.82. The Hall–Kier alpha value is -2.82. The molecule has 136 valence electrons. The van der Waals surface area contributed by atoms with Crippen LogP contribution in [0.3, 0.4) is 0 Å². The van der Waals surface area contributed by atoms with Crippen molar-refractivity contribution in [1.82, 2.24) is 0 Å². The van der Waals surface area contributed by atoms with Crippen molar-refractivity contribution in [3.05, 3.63) is 53.6 Å². The molecular weight excluding hydrogens is 328 g/mol. The van der Waals surface area contributed by atoms with E-state index in [4.69, 9.17) is 4.74 Å². The Morgan fingerprint density at radius 2 is 1.65 bits per heavy atom. The van der Waals surface area contributed by atoms with Gasteiger partial charge in [0.25, 0.3) is 0 Å². The second-order valence-electron chi connectivity index (χ2n) is 6.67. The summed E-state index contributed by atoms with van der Waals surface area (Å²) < 4.78 is 5.52. The summed E-state index contributed by atoms with van der Waals surface area (Å²) in [6.07, 6.45) is 0.569. The number of carbonyl (C=O) groups is 2. The molecule has 5 heteroatoms. The van der Waals surface area contributed by atoms with Crippen LogP contribution in [0.15, 0.2) is 42.5 Å². The molecule has 0 saturated heterocycles. The number of benzene rings is 2. The lowest BCUT2D eigenvalue weighted by Gasteiger charge is -2.11. The van der Waals surface area contributed by atoms with Gasteiger partial charge in [-0.25, -0.2) is 0 Å². The molecule has 0 radical (unpaired) electrons. The van der Waals surface area contributed by atoms with E-state index < -0.39 is 0 Å². The van der Waals surface area contributed by atoms with Gasteiger partial charge in [-0.2, -0.15) is 0 Å². The van der Waals surface area contributed by atoms with E-state index in [0.29, 0.717) is 24.5 Å². The molecule has 3 rings (SSSR count). The summed E-state index contributed by atoms with van der Waals surface area (Å²) in [5.74, 6) is -0.182. The van der Waals surface area contributed by atoms with E-state index in [-0.39, 0.29) is 23.7 Å². The summed E-state index contributed by atoms with van der Waals surface area (Å²) >= 11 is 0. The van der Waals surface area contributed by atoms with Gasteiger partial charge in [0.05, 0.1) is 24.1 Å². The lowest BCUT2D eigenvalue weighted by Crippen LogP contribution is -2.21. The highest BCUT2D eigenvalue weighted by Gasteiger charge is 2.48. The van der Waals surface area contributed by atoms with Crippen molar-refractivity contribution < 1.29 is 14.3 Å². The van der Waals surface area contributed by atoms with Gasteiger partial charge in [0.1, 0.15) is 5.75 Å². The van der Waals surface area contributed by atoms with Crippen molar-refractivity contribution in [2.24, 2.45) is 11.8 Å². The monoisotopic (exact) mass is 352 g/mol. The number of hydrogen-bond donors (Lipinski definition) is 2. The highest BCUT2D eigenvalue weighted by Crippen LogP contribution is 2.41. The Bertz CT molecular complexity index is 832. The summed E-state index contributed by atoms with van der Waals surface area (Å²) in [5.41, 5.74) is 3.61. The van der Waals surface area contributed by atoms with Gasteiger partial charge >= 0.3 is 0 Å². The number of hydrogen-bond acceptors (Lipinski definition) is 3. The smallest absolute Gasteiger partial charge is 0.228 e. The minimum atomic E-state index is -0.296. The van der Waals surface area contributed by atoms with Crippen LogP contribution in [0.1, 0.15) is 24.5 Å². The molecule has 0 aromatic heterocycles. The quantitative estimate of drug-likeness (QED) is 0.828. The van der Waals surface area contributed by atoms with Crippen LogP contribution >= 0.6 is 0 Å². The maximum atomic E-state index is 12.5. The molecule has 0 aliphatic heterocycles. The molecule has 0 heterocycles. The zero-order chi connectivity index (χ0) is 18.7. The first-order chi connectivity index (χ1) is 12.5. The molecular formula is C21H24N2O3. The van der Waals surface area contributed by atoms with Gasteiger partial charge in [0, 0.05) is 5.69 Å². The maximum Gasteiger partial charge on any atom is 0.228 e. The molecule has 2 N–H and O–H groups in total. The van der Waals surface area contributed by atoms with Crippen LogP contribution in [-0.4, -0.2) is 18.4 Å². The molecule has 2 aromatic rings. The average Bonchev–Trinajstić information content (AvgIpc) is 3.40. The largest absolute Gasteiger partial charge is 0.492 e. The Labute approximate surface area is 153 Å². The minimum absolute atomic E-state index is 0.102. The second-order valence-corrected chi connectivity index (χ2v) is 6.67. The molecule has 1 saturated carbocycles. The summed E-state index contributed by atoms with van der Waals surface area (Å²) in [4.78, 5) is 24.9. The fourth-order valence-electron chi connectivity index (χ4n) is 3.03. The third-order valence-corrected chi connectivity index (χ3v) is 4.55. The number of ether oxygens (including phenoxy) is 1. The predicted octanol–water partition coefficient (Wildman–Crippen LogP) is 3.92. The highest BCUT2D eigenvalue weighted by molar-refractivity contribution is 6.03. The second kappa shape index (κ2) is 7.60. The maximum absolute atomic E-state index is 12.5. The molecule has 2 aromatic carbocycles. The molecule has 1 fully saturated rings. The van der Waals surface area contributed by atoms with Gasteiger partial charge in [0.2, 0.25) is 11.8 Å². The van der Waals surface area contributed by atoms with Crippen LogP contribution in [0.2, 0.25) is 0 Å². The standard InChI is InChI=1S/C21H24N2O3/c1-4-26-19-8-6-5-7-18(19)23-21(25)16-12-15(16)20(24)22-17-10-9-13(2)11-14(17)3/h5-11,15-16H,4,12H2,1-3H3,(H,22,24)(H,23,25). The number of rotatable bonds is 6. The molecule has 0 spiro atoms. The molecule has 5 nitrogen and oxygen atoms in total. The number of nitrogens with one attached hydrogen (secondary N) is 2. The Kier molecular flexibility index (Phi) is 5.26. The van der Waals surface area contributed by atoms with E-state index in [1.165, 1.54) is 0 Å². The first-order valence-electron chi connectivity index (χ1n) is 8.90. The first-order valence-corrected chi connectivity index (χ1v) is 8.90. The Morgan fingerprint density at radius 3 is 2.31 bits per heavy atom. The molecule has 2 unspecified atom stereocenters.